The molecule has 0 bridgehead atoms. The number of aliphatic hydroxyl groups is 1. The van der Waals surface area contributed by atoms with Crippen molar-refractivity contribution in [1.29, 1.82) is 0 Å². The van der Waals surface area contributed by atoms with Crippen LogP contribution < -0.4 is 0 Å². The molecule has 3 rings (SSSR count). The predicted octanol–water partition coefficient (Wildman–Crippen LogP) is 5.21. The quantitative estimate of drug-likeness (QED) is 0.432. The first-order valence-electron chi connectivity index (χ1n) is 10.3. The minimum atomic E-state index is 0.0840. The van der Waals surface area contributed by atoms with Gasteiger partial charge in [-0.2, -0.15) is 0 Å². The number of rotatable bonds is 6. The number of hydrogen-bond donors (Lipinski definition) is 1. The molecule has 0 heterocycles. The molecule has 1 fully saturated rings. The van der Waals surface area contributed by atoms with E-state index in [0.717, 1.165) is 0 Å². The van der Waals surface area contributed by atoms with Crippen molar-refractivity contribution in [3.8, 4) is 0 Å². The third-order valence-corrected chi connectivity index (χ3v) is 6.91. The maximum Gasteiger partial charge on any atom is 0.119 e. The van der Waals surface area contributed by atoms with Gasteiger partial charge >= 0.3 is 0 Å². The van der Waals surface area contributed by atoms with Crippen molar-refractivity contribution < 1.29 is 9.94 Å². The number of aryl methyl sites for hydroxylation is 1. The highest BCUT2D eigenvalue weighted by molar-refractivity contribution is 5.66. The lowest BCUT2D eigenvalue weighted by Crippen LogP contribution is -2.49. The van der Waals surface area contributed by atoms with Gasteiger partial charge in [-0.25, -0.2) is 0 Å². The maximum absolute atomic E-state index is 8.87. The molecule has 1 unspecified atom stereocenters. The summed E-state index contributed by atoms with van der Waals surface area (Å²) in [6.45, 7) is 10.0. The van der Waals surface area contributed by atoms with Crippen LogP contribution in [0.15, 0.2) is 23.4 Å². The predicted molar refractivity (Wildman–Crippen MR) is 108 cm³/mol. The standard InChI is InChI=1S/C23H35NO2/c1-17(2)18-7-9-20-19(15-18)8-10-21-22(3,11-5-12-23(20,21)4)16-24-26-14-6-13-25/h7,9,15-17,21,25H,5-6,8,10-14H2,1-4H3/t21?,22-,23-/m1/s1. The fourth-order valence-electron chi connectivity index (χ4n) is 5.41. The molecule has 0 aliphatic heterocycles. The van der Waals surface area contributed by atoms with E-state index in [1.165, 1.54) is 37.7 Å². The third kappa shape index (κ3) is 3.55. The Bertz CT molecular complexity index is 654. The molecule has 3 nitrogen and oxygen atoms in total. The minimum Gasteiger partial charge on any atom is -0.396 e. The van der Waals surface area contributed by atoms with Crippen molar-refractivity contribution in [2.24, 2.45) is 16.5 Å². The van der Waals surface area contributed by atoms with E-state index in [2.05, 4.69) is 57.3 Å². The lowest BCUT2D eigenvalue weighted by atomic mass is 9.50. The summed E-state index contributed by atoms with van der Waals surface area (Å²) in [5, 5.41) is 13.2. The zero-order chi connectivity index (χ0) is 18.8. The maximum atomic E-state index is 8.87. The Morgan fingerprint density at radius 2 is 2.12 bits per heavy atom. The van der Waals surface area contributed by atoms with Gasteiger partial charge in [0, 0.05) is 24.7 Å². The zero-order valence-corrected chi connectivity index (χ0v) is 16.9. The van der Waals surface area contributed by atoms with Gasteiger partial charge < -0.3 is 9.94 Å². The van der Waals surface area contributed by atoms with Crippen LogP contribution >= 0.6 is 0 Å². The van der Waals surface area contributed by atoms with Crippen LogP contribution in [-0.4, -0.2) is 24.5 Å². The number of oxime groups is 1. The number of hydrogen-bond acceptors (Lipinski definition) is 3. The fraction of sp³-hybridized carbons (Fsp3) is 0.696. The van der Waals surface area contributed by atoms with E-state index in [1.54, 1.807) is 11.1 Å². The molecule has 1 saturated carbocycles. The molecule has 0 saturated heterocycles. The summed E-state index contributed by atoms with van der Waals surface area (Å²) in [4.78, 5) is 5.38. The Kier molecular flexibility index (Phi) is 5.76. The van der Waals surface area contributed by atoms with Crippen LogP contribution in [0.2, 0.25) is 0 Å². The average molecular weight is 358 g/mol. The number of nitrogens with zero attached hydrogens (tertiary/aromatic N) is 1. The number of aliphatic hydroxyl groups excluding tert-OH is 1. The van der Waals surface area contributed by atoms with Crippen LogP contribution in [0.4, 0.5) is 0 Å². The molecule has 1 N–H and O–H groups in total. The summed E-state index contributed by atoms with van der Waals surface area (Å²) >= 11 is 0. The number of benzene rings is 1. The van der Waals surface area contributed by atoms with Crippen LogP contribution in [0, 0.1) is 11.3 Å². The molecular formula is C23H35NO2. The molecule has 3 atom stereocenters. The molecule has 1 aromatic carbocycles. The Balaban J connectivity index is 1.85. The molecule has 0 spiro atoms. The molecule has 3 heteroatoms. The second-order valence-corrected chi connectivity index (χ2v) is 9.08. The first-order chi connectivity index (χ1) is 12.4. The van der Waals surface area contributed by atoms with Gasteiger partial charge in [0.05, 0.1) is 0 Å². The Morgan fingerprint density at radius 3 is 2.85 bits per heavy atom. The van der Waals surface area contributed by atoms with Crippen molar-refractivity contribution in [2.75, 3.05) is 13.2 Å². The molecule has 0 radical (unpaired) electrons. The van der Waals surface area contributed by atoms with Gasteiger partial charge in [0.1, 0.15) is 6.61 Å². The fourth-order valence-corrected chi connectivity index (χ4v) is 5.41. The van der Waals surface area contributed by atoms with Crippen LogP contribution in [0.3, 0.4) is 0 Å². The lowest BCUT2D eigenvalue weighted by Gasteiger charge is -2.54. The zero-order valence-electron chi connectivity index (χ0n) is 16.9. The summed E-state index contributed by atoms with van der Waals surface area (Å²) in [6.07, 6.45) is 8.79. The molecule has 0 amide bonds. The molecule has 2 aliphatic carbocycles. The van der Waals surface area contributed by atoms with E-state index in [0.29, 0.717) is 24.9 Å². The lowest BCUT2D eigenvalue weighted by molar-refractivity contribution is 0.0729. The molecule has 144 valence electrons. The van der Waals surface area contributed by atoms with E-state index < -0.39 is 0 Å². The summed E-state index contributed by atoms with van der Waals surface area (Å²) < 4.78 is 0. The van der Waals surface area contributed by atoms with E-state index in [9.17, 15) is 0 Å². The smallest absolute Gasteiger partial charge is 0.119 e. The minimum absolute atomic E-state index is 0.0840. The monoisotopic (exact) mass is 357 g/mol. The highest BCUT2D eigenvalue weighted by atomic mass is 16.6. The van der Waals surface area contributed by atoms with Gasteiger partial charge in [0.2, 0.25) is 0 Å². The van der Waals surface area contributed by atoms with E-state index in [4.69, 9.17) is 9.94 Å². The first-order valence-corrected chi connectivity index (χ1v) is 10.3. The topological polar surface area (TPSA) is 41.8 Å². The van der Waals surface area contributed by atoms with Gasteiger partial charge in [-0.3, -0.25) is 0 Å². The van der Waals surface area contributed by atoms with Crippen LogP contribution in [0.1, 0.15) is 82.4 Å². The van der Waals surface area contributed by atoms with Gasteiger partial charge in [-0.1, -0.05) is 57.5 Å². The van der Waals surface area contributed by atoms with Gasteiger partial charge in [-0.15, -0.1) is 0 Å². The Hall–Kier alpha value is -1.35. The van der Waals surface area contributed by atoms with Gasteiger partial charge in [0.15, 0.2) is 0 Å². The second-order valence-electron chi connectivity index (χ2n) is 9.08. The SMILES string of the molecule is CC(C)c1ccc2c(c1)CCC1[C@@](C)(C=NOCCCO)CCC[C@]21C. The van der Waals surface area contributed by atoms with E-state index >= 15 is 0 Å². The highest BCUT2D eigenvalue weighted by Gasteiger charge is 2.51. The molecule has 26 heavy (non-hydrogen) atoms. The summed E-state index contributed by atoms with van der Waals surface area (Å²) in [5.41, 5.74) is 4.91. The highest BCUT2D eigenvalue weighted by Crippen LogP contribution is 2.56. The van der Waals surface area contributed by atoms with Crippen LogP contribution in [0.5, 0.6) is 0 Å². The van der Waals surface area contributed by atoms with Crippen molar-refractivity contribution in [3.63, 3.8) is 0 Å². The molecule has 2 aliphatic rings. The first kappa shape index (κ1) is 19.4. The normalized spacial score (nSPS) is 31.1. The second kappa shape index (κ2) is 7.72. The molecule has 1 aromatic rings. The Labute approximate surface area is 158 Å². The largest absolute Gasteiger partial charge is 0.396 e. The Morgan fingerprint density at radius 1 is 1.31 bits per heavy atom. The van der Waals surface area contributed by atoms with Crippen LogP contribution in [0.25, 0.3) is 0 Å². The van der Waals surface area contributed by atoms with E-state index in [-0.39, 0.29) is 17.4 Å². The van der Waals surface area contributed by atoms with E-state index in [1.807, 2.05) is 0 Å². The van der Waals surface area contributed by atoms with Gasteiger partial charge in [-0.05, 0) is 59.6 Å². The van der Waals surface area contributed by atoms with Crippen molar-refractivity contribution in [3.05, 3.63) is 34.9 Å². The van der Waals surface area contributed by atoms with Crippen molar-refractivity contribution in [2.45, 2.75) is 77.6 Å². The van der Waals surface area contributed by atoms with Gasteiger partial charge in [0.25, 0.3) is 0 Å². The average Bonchev–Trinajstić information content (AvgIpc) is 2.61. The van der Waals surface area contributed by atoms with Crippen molar-refractivity contribution in [1.82, 2.24) is 0 Å². The molecule has 0 aromatic heterocycles. The number of fused-ring (bicyclic) bond motifs is 3. The summed E-state index contributed by atoms with van der Waals surface area (Å²) in [6, 6.07) is 7.21. The summed E-state index contributed by atoms with van der Waals surface area (Å²) in [7, 11) is 0. The van der Waals surface area contributed by atoms with Crippen molar-refractivity contribution >= 4 is 6.21 Å². The molecular weight excluding hydrogens is 322 g/mol. The van der Waals surface area contributed by atoms with Crippen LogP contribution in [-0.2, 0) is 16.7 Å². The third-order valence-electron chi connectivity index (χ3n) is 6.91. The summed E-state index contributed by atoms with van der Waals surface area (Å²) in [5.74, 6) is 1.19.